The molecule has 0 radical (unpaired) electrons. The van der Waals surface area contributed by atoms with Crippen LogP contribution in [-0.2, 0) is 22.7 Å². The number of anilines is 1. The lowest BCUT2D eigenvalue weighted by Crippen LogP contribution is -2.28. The molecule has 1 aliphatic rings. The normalized spacial score (nSPS) is 13.8. The van der Waals surface area contributed by atoms with Gasteiger partial charge in [-0.25, -0.2) is 0 Å². The van der Waals surface area contributed by atoms with Gasteiger partial charge in [-0.15, -0.1) is 0 Å². The molecule has 0 spiro atoms. The zero-order chi connectivity index (χ0) is 22.1. The number of carbonyl (C=O) groups excluding carboxylic acids is 2. The Kier molecular flexibility index (Phi) is 5.19. The van der Waals surface area contributed by atoms with Crippen molar-refractivity contribution < 1.29 is 9.59 Å². The summed E-state index contributed by atoms with van der Waals surface area (Å²) in [6, 6.07) is 22.5. The summed E-state index contributed by atoms with van der Waals surface area (Å²) in [4.78, 5) is 39.4. The van der Waals surface area contributed by atoms with Gasteiger partial charge in [-0.05, 0) is 48.4 Å². The summed E-state index contributed by atoms with van der Waals surface area (Å²) in [6.07, 6.45) is 1.50. The van der Waals surface area contributed by atoms with Crippen LogP contribution in [-0.4, -0.2) is 22.9 Å². The molecule has 1 N–H and O–H groups in total. The zero-order valence-corrected chi connectivity index (χ0v) is 17.6. The van der Waals surface area contributed by atoms with Gasteiger partial charge < -0.3 is 14.8 Å². The quantitative estimate of drug-likeness (QED) is 0.497. The maximum absolute atomic E-state index is 12.8. The number of nitrogens with one attached hydrogen (secondary N) is 1. The summed E-state index contributed by atoms with van der Waals surface area (Å²) >= 11 is 0. The monoisotopic (exact) mass is 425 g/mol. The molecule has 2 heterocycles. The number of rotatable bonds is 5. The number of amides is 2. The number of benzene rings is 3. The number of para-hydroxylation sites is 2. The molecule has 1 aliphatic heterocycles. The molecule has 0 unspecified atom stereocenters. The summed E-state index contributed by atoms with van der Waals surface area (Å²) < 4.78 is 1.89. The van der Waals surface area contributed by atoms with Crippen molar-refractivity contribution in [3.8, 4) is 0 Å². The van der Waals surface area contributed by atoms with Crippen LogP contribution in [0.1, 0.15) is 18.4 Å². The van der Waals surface area contributed by atoms with Crippen LogP contribution < -0.4 is 15.6 Å². The highest BCUT2D eigenvalue weighted by molar-refractivity contribution is 5.96. The third kappa shape index (κ3) is 3.64. The first-order chi connectivity index (χ1) is 15.6. The third-order valence-electron chi connectivity index (χ3n) is 5.99. The lowest BCUT2D eigenvalue weighted by molar-refractivity contribution is -0.121. The summed E-state index contributed by atoms with van der Waals surface area (Å²) in [7, 11) is 0. The van der Waals surface area contributed by atoms with E-state index in [1.807, 2.05) is 65.2 Å². The average molecular weight is 425 g/mol. The highest BCUT2D eigenvalue weighted by Crippen LogP contribution is 2.22. The topological polar surface area (TPSA) is 71.4 Å². The first-order valence-corrected chi connectivity index (χ1v) is 10.8. The molecule has 0 aliphatic carbocycles. The highest BCUT2D eigenvalue weighted by atomic mass is 16.2. The van der Waals surface area contributed by atoms with Gasteiger partial charge in [-0.1, -0.05) is 36.4 Å². The van der Waals surface area contributed by atoms with Gasteiger partial charge >= 0.3 is 0 Å². The van der Waals surface area contributed by atoms with Crippen molar-refractivity contribution in [3.63, 3.8) is 0 Å². The van der Waals surface area contributed by atoms with Crippen molar-refractivity contribution in [2.45, 2.75) is 25.9 Å². The SMILES string of the molecule is O=C(Cn1c2ccccc2c(=O)c2ccccc21)NCc1ccc(N2CCCC2=O)cc1. The number of hydrogen-bond donors (Lipinski definition) is 1. The van der Waals surface area contributed by atoms with Crippen LogP contribution in [0.4, 0.5) is 5.69 Å². The molecular weight excluding hydrogens is 402 g/mol. The van der Waals surface area contributed by atoms with Crippen molar-refractivity contribution in [1.82, 2.24) is 9.88 Å². The number of nitrogens with zero attached hydrogens (tertiary/aromatic N) is 2. The Bertz CT molecular complexity index is 1330. The average Bonchev–Trinajstić information content (AvgIpc) is 3.26. The fraction of sp³-hybridized carbons (Fsp3) is 0.192. The molecule has 0 atom stereocenters. The molecule has 5 rings (SSSR count). The van der Waals surface area contributed by atoms with E-state index in [1.54, 1.807) is 17.0 Å². The van der Waals surface area contributed by atoms with Gasteiger partial charge in [-0.3, -0.25) is 14.4 Å². The van der Waals surface area contributed by atoms with Gasteiger partial charge in [0.2, 0.25) is 11.8 Å². The molecule has 32 heavy (non-hydrogen) atoms. The minimum Gasteiger partial charge on any atom is -0.350 e. The smallest absolute Gasteiger partial charge is 0.240 e. The lowest BCUT2D eigenvalue weighted by atomic mass is 10.1. The number of aromatic nitrogens is 1. The van der Waals surface area contributed by atoms with Crippen LogP contribution in [0.15, 0.2) is 77.6 Å². The molecule has 1 fully saturated rings. The van der Waals surface area contributed by atoms with E-state index in [4.69, 9.17) is 0 Å². The Balaban J connectivity index is 1.35. The Labute approximate surface area is 185 Å². The summed E-state index contributed by atoms with van der Waals surface area (Å²) in [5.74, 6) is 0.0226. The van der Waals surface area contributed by atoms with Crippen LogP contribution in [0.2, 0.25) is 0 Å². The third-order valence-corrected chi connectivity index (χ3v) is 5.99. The molecule has 0 saturated carbocycles. The number of fused-ring (bicyclic) bond motifs is 2. The highest BCUT2D eigenvalue weighted by Gasteiger charge is 2.21. The van der Waals surface area contributed by atoms with E-state index < -0.39 is 0 Å². The first kappa shape index (κ1) is 20.0. The van der Waals surface area contributed by atoms with Crippen molar-refractivity contribution in [3.05, 3.63) is 88.6 Å². The summed E-state index contributed by atoms with van der Waals surface area (Å²) in [5, 5.41) is 4.18. The zero-order valence-electron chi connectivity index (χ0n) is 17.6. The molecule has 0 bridgehead atoms. The minimum atomic E-state index is -0.136. The van der Waals surface area contributed by atoms with Crippen LogP contribution in [0.5, 0.6) is 0 Å². The first-order valence-electron chi connectivity index (χ1n) is 10.8. The molecule has 1 aromatic heterocycles. The van der Waals surface area contributed by atoms with E-state index in [0.29, 0.717) is 23.7 Å². The number of pyridine rings is 1. The lowest BCUT2D eigenvalue weighted by Gasteiger charge is -2.16. The van der Waals surface area contributed by atoms with Crippen molar-refractivity contribution in [1.29, 1.82) is 0 Å². The second-order valence-corrected chi connectivity index (χ2v) is 8.04. The molecule has 2 amide bonds. The molecule has 6 heteroatoms. The van der Waals surface area contributed by atoms with Crippen LogP contribution in [0.25, 0.3) is 21.8 Å². The predicted molar refractivity (Wildman–Crippen MR) is 126 cm³/mol. The molecule has 6 nitrogen and oxygen atoms in total. The number of hydrogen-bond acceptors (Lipinski definition) is 3. The number of carbonyl (C=O) groups is 2. The van der Waals surface area contributed by atoms with Crippen molar-refractivity contribution in [2.75, 3.05) is 11.4 Å². The van der Waals surface area contributed by atoms with Gasteiger partial charge in [0.25, 0.3) is 0 Å². The Morgan fingerprint density at radius 1 is 0.844 bits per heavy atom. The molecule has 4 aromatic rings. The van der Waals surface area contributed by atoms with E-state index in [2.05, 4.69) is 5.32 Å². The molecular formula is C26H23N3O3. The summed E-state index contributed by atoms with van der Waals surface area (Å²) in [6.45, 7) is 1.26. The van der Waals surface area contributed by atoms with Gasteiger partial charge in [0.15, 0.2) is 5.43 Å². The fourth-order valence-electron chi connectivity index (χ4n) is 4.36. The van der Waals surface area contributed by atoms with Gasteiger partial charge in [0.05, 0.1) is 11.0 Å². The molecule has 160 valence electrons. The Morgan fingerprint density at radius 2 is 1.47 bits per heavy atom. The van der Waals surface area contributed by atoms with Gasteiger partial charge in [0, 0.05) is 36.0 Å². The maximum atomic E-state index is 12.8. The second kappa shape index (κ2) is 8.30. The van der Waals surface area contributed by atoms with E-state index in [0.717, 1.165) is 35.2 Å². The maximum Gasteiger partial charge on any atom is 0.240 e. The van der Waals surface area contributed by atoms with E-state index in [9.17, 15) is 14.4 Å². The van der Waals surface area contributed by atoms with Gasteiger partial charge in [0.1, 0.15) is 6.54 Å². The Morgan fingerprint density at radius 3 is 2.06 bits per heavy atom. The van der Waals surface area contributed by atoms with E-state index >= 15 is 0 Å². The largest absolute Gasteiger partial charge is 0.350 e. The van der Waals surface area contributed by atoms with Crippen molar-refractivity contribution in [2.24, 2.45) is 0 Å². The van der Waals surface area contributed by atoms with E-state index in [-0.39, 0.29) is 23.8 Å². The molecule has 3 aromatic carbocycles. The van der Waals surface area contributed by atoms with Crippen LogP contribution in [0.3, 0.4) is 0 Å². The second-order valence-electron chi connectivity index (χ2n) is 8.04. The van der Waals surface area contributed by atoms with Crippen molar-refractivity contribution >= 4 is 39.3 Å². The predicted octanol–water partition coefficient (Wildman–Crippen LogP) is 3.60. The summed E-state index contributed by atoms with van der Waals surface area (Å²) in [5.41, 5.74) is 3.32. The molecule has 1 saturated heterocycles. The van der Waals surface area contributed by atoms with E-state index in [1.165, 1.54) is 0 Å². The Hall–Kier alpha value is -3.93. The fourth-order valence-corrected chi connectivity index (χ4v) is 4.36. The standard InChI is InChI=1S/C26H23N3O3/c30-24(27-16-18-11-13-19(14-12-18)28-15-5-10-25(28)31)17-29-22-8-3-1-6-20(22)26(32)21-7-2-4-9-23(21)29/h1-4,6-9,11-14H,5,10,15-17H2,(H,27,30). The van der Waals surface area contributed by atoms with Gasteiger partial charge in [-0.2, -0.15) is 0 Å². The minimum absolute atomic E-state index is 0.0237. The van der Waals surface area contributed by atoms with Crippen LogP contribution in [0, 0.1) is 0 Å². The van der Waals surface area contributed by atoms with Crippen LogP contribution >= 0.6 is 0 Å².